The van der Waals surface area contributed by atoms with Crippen molar-refractivity contribution in [2.45, 2.75) is 18.6 Å². The third kappa shape index (κ3) is 4.52. The Kier molecular flexibility index (Phi) is 6.40. The van der Waals surface area contributed by atoms with E-state index < -0.39 is 21.1 Å². The highest BCUT2D eigenvalue weighted by Gasteiger charge is 2.29. The monoisotopic (exact) mass is 489 g/mol. The second-order valence-electron chi connectivity index (χ2n) is 7.05. The van der Waals surface area contributed by atoms with Crippen molar-refractivity contribution in [3.05, 3.63) is 54.9 Å². The minimum atomic E-state index is -4.02. The summed E-state index contributed by atoms with van der Waals surface area (Å²) in [6.07, 6.45) is 4.45. The number of nitrogens with one attached hydrogen (secondary N) is 1. The average molecular weight is 489 g/mol. The molecule has 3 heterocycles. The predicted molar refractivity (Wildman–Crippen MR) is 118 cm³/mol. The molecule has 4 rings (SSSR count). The Morgan fingerprint density at radius 3 is 2.38 bits per heavy atom. The van der Waals surface area contributed by atoms with Crippen LogP contribution in [0.1, 0.15) is 12.7 Å². The van der Waals surface area contributed by atoms with Crippen LogP contribution in [0.3, 0.4) is 0 Å². The summed E-state index contributed by atoms with van der Waals surface area (Å²) in [6.45, 7) is 1.47. The number of rotatable bonds is 9. The van der Waals surface area contributed by atoms with Crippen LogP contribution in [-0.2, 0) is 16.4 Å². The number of hydrogen-bond acceptors (Lipinski definition) is 10. The molecule has 0 aliphatic heterocycles. The molecular formula is C20H20FN7O5S. The lowest BCUT2D eigenvalue weighted by Gasteiger charge is -2.18. The van der Waals surface area contributed by atoms with Gasteiger partial charge in [0.1, 0.15) is 35.0 Å². The molecule has 34 heavy (non-hydrogen) atoms. The van der Waals surface area contributed by atoms with E-state index in [4.69, 9.17) is 13.9 Å². The molecule has 0 aliphatic carbocycles. The maximum atomic E-state index is 13.1. The zero-order valence-corrected chi connectivity index (χ0v) is 19.2. The van der Waals surface area contributed by atoms with E-state index in [1.54, 1.807) is 18.2 Å². The fourth-order valence-corrected chi connectivity index (χ4v) is 4.10. The number of benzene rings is 1. The highest BCUT2D eigenvalue weighted by atomic mass is 32.2. The van der Waals surface area contributed by atoms with Crippen molar-refractivity contribution in [1.29, 1.82) is 0 Å². The molecule has 0 bridgehead atoms. The normalized spacial score (nSPS) is 12.4. The summed E-state index contributed by atoms with van der Waals surface area (Å²) < 4.78 is 59.3. The predicted octanol–water partition coefficient (Wildman–Crippen LogP) is 2.24. The smallest absolute Gasteiger partial charge is 0.243 e. The zero-order chi connectivity index (χ0) is 24.3. The number of halogens is 1. The molecule has 0 saturated carbocycles. The number of aromatic nitrogens is 6. The van der Waals surface area contributed by atoms with Gasteiger partial charge in [-0.25, -0.2) is 27.8 Å². The first-order chi connectivity index (χ1) is 16.3. The lowest BCUT2D eigenvalue weighted by molar-refractivity contribution is 0.391. The molecular weight excluding hydrogens is 469 g/mol. The quantitative estimate of drug-likeness (QED) is 0.371. The van der Waals surface area contributed by atoms with E-state index in [1.807, 2.05) is 0 Å². The van der Waals surface area contributed by atoms with Crippen LogP contribution < -0.4 is 14.2 Å². The van der Waals surface area contributed by atoms with Crippen LogP contribution in [-0.4, -0.2) is 57.6 Å². The van der Waals surface area contributed by atoms with Gasteiger partial charge in [-0.05, 0) is 19.1 Å². The first-order valence-electron chi connectivity index (χ1n) is 9.87. The van der Waals surface area contributed by atoms with Crippen molar-refractivity contribution < 1.29 is 26.7 Å². The Labute approximate surface area is 193 Å². The molecule has 0 fully saturated rings. The highest BCUT2D eigenvalue weighted by molar-refractivity contribution is 7.93. The van der Waals surface area contributed by atoms with Crippen molar-refractivity contribution in [2.24, 2.45) is 0 Å². The van der Waals surface area contributed by atoms with Crippen molar-refractivity contribution in [2.75, 3.05) is 18.9 Å². The van der Waals surface area contributed by atoms with Gasteiger partial charge in [0.25, 0.3) is 0 Å². The molecule has 4 aromatic rings. The SMILES string of the molecule is COc1cccc(OC)c1-n1c(NS(=O)(=O)[C@H](C)Cc2ncc(F)cn2)nnc1-c1cocn1. The second-order valence-corrected chi connectivity index (χ2v) is 9.15. The fraction of sp³-hybridized carbons (Fsp3) is 0.250. The van der Waals surface area contributed by atoms with Gasteiger partial charge in [0.05, 0.1) is 31.9 Å². The maximum Gasteiger partial charge on any atom is 0.243 e. The maximum absolute atomic E-state index is 13.1. The molecule has 1 atom stereocenters. The Morgan fingerprint density at radius 1 is 1.12 bits per heavy atom. The fourth-order valence-electron chi connectivity index (χ4n) is 3.14. The summed E-state index contributed by atoms with van der Waals surface area (Å²) in [6, 6.07) is 5.07. The zero-order valence-electron chi connectivity index (χ0n) is 18.3. The molecule has 14 heteroatoms. The van der Waals surface area contributed by atoms with Crippen molar-refractivity contribution in [1.82, 2.24) is 29.7 Å². The van der Waals surface area contributed by atoms with E-state index >= 15 is 0 Å². The first-order valence-corrected chi connectivity index (χ1v) is 11.4. The standard InChI is InChI=1S/C20H20FN7O5S/c1-12(7-17-22-8-13(21)9-23-17)34(29,30)27-20-26-25-19(14-10-33-11-24-14)28(20)18-15(31-2)5-4-6-16(18)32-3/h4-6,8-12H,7H2,1-3H3,(H,26,27)/t12-/m1/s1. The third-order valence-corrected chi connectivity index (χ3v) is 6.55. The van der Waals surface area contributed by atoms with E-state index in [-0.39, 0.29) is 24.0 Å². The van der Waals surface area contributed by atoms with E-state index in [1.165, 1.54) is 38.4 Å². The number of anilines is 1. The largest absolute Gasteiger partial charge is 0.494 e. The van der Waals surface area contributed by atoms with Crippen LogP contribution in [0.4, 0.5) is 10.3 Å². The molecule has 1 N–H and O–H groups in total. The van der Waals surface area contributed by atoms with Crippen LogP contribution in [0.15, 0.2) is 47.7 Å². The van der Waals surface area contributed by atoms with Gasteiger partial charge in [-0.3, -0.25) is 9.29 Å². The minimum Gasteiger partial charge on any atom is -0.494 e. The molecule has 0 saturated heterocycles. The van der Waals surface area contributed by atoms with Gasteiger partial charge in [0.2, 0.25) is 16.0 Å². The Morgan fingerprint density at radius 2 is 1.79 bits per heavy atom. The summed E-state index contributed by atoms with van der Waals surface area (Å²) in [5.74, 6) is 0.359. The Hall–Kier alpha value is -4.07. The number of para-hydroxylation sites is 1. The van der Waals surface area contributed by atoms with Crippen LogP contribution in [0, 0.1) is 5.82 Å². The molecule has 0 unspecified atom stereocenters. The third-order valence-electron chi connectivity index (χ3n) is 4.86. The van der Waals surface area contributed by atoms with Gasteiger partial charge in [-0.2, -0.15) is 0 Å². The molecule has 0 aliphatic rings. The number of methoxy groups -OCH3 is 2. The lowest BCUT2D eigenvalue weighted by Crippen LogP contribution is -2.29. The average Bonchev–Trinajstić information content (AvgIpc) is 3.49. The van der Waals surface area contributed by atoms with E-state index in [2.05, 4.69) is 29.9 Å². The van der Waals surface area contributed by atoms with Gasteiger partial charge in [-0.1, -0.05) is 6.07 Å². The van der Waals surface area contributed by atoms with Crippen LogP contribution in [0.2, 0.25) is 0 Å². The molecule has 0 spiro atoms. The molecule has 3 aromatic heterocycles. The van der Waals surface area contributed by atoms with Crippen molar-refractivity contribution >= 4 is 16.0 Å². The van der Waals surface area contributed by atoms with Gasteiger partial charge in [-0.15, -0.1) is 10.2 Å². The number of nitrogens with zero attached hydrogens (tertiary/aromatic N) is 6. The van der Waals surface area contributed by atoms with Gasteiger partial charge in [0, 0.05) is 6.42 Å². The van der Waals surface area contributed by atoms with Gasteiger partial charge < -0.3 is 13.9 Å². The first kappa shape index (κ1) is 23.1. The van der Waals surface area contributed by atoms with Crippen LogP contribution in [0.25, 0.3) is 17.2 Å². The van der Waals surface area contributed by atoms with Gasteiger partial charge in [0.15, 0.2) is 18.0 Å². The van der Waals surface area contributed by atoms with Crippen molar-refractivity contribution in [3.8, 4) is 28.7 Å². The van der Waals surface area contributed by atoms with Crippen LogP contribution in [0.5, 0.6) is 11.5 Å². The summed E-state index contributed by atoms with van der Waals surface area (Å²) in [4.78, 5) is 11.7. The molecule has 0 amide bonds. The topological polar surface area (TPSA) is 147 Å². The summed E-state index contributed by atoms with van der Waals surface area (Å²) >= 11 is 0. The molecule has 12 nitrogen and oxygen atoms in total. The summed E-state index contributed by atoms with van der Waals surface area (Å²) in [7, 11) is -1.09. The van der Waals surface area contributed by atoms with Crippen LogP contribution >= 0.6 is 0 Å². The minimum absolute atomic E-state index is 0.0577. The van der Waals surface area contributed by atoms with Gasteiger partial charge >= 0.3 is 0 Å². The summed E-state index contributed by atoms with van der Waals surface area (Å²) in [5.41, 5.74) is 0.654. The van der Waals surface area contributed by atoms with E-state index in [9.17, 15) is 12.8 Å². The number of sulfonamides is 1. The summed E-state index contributed by atoms with van der Waals surface area (Å²) in [5, 5.41) is 7.16. The number of ether oxygens (including phenoxy) is 2. The second kappa shape index (κ2) is 9.43. The molecule has 1 aromatic carbocycles. The number of hydrogen-bond donors (Lipinski definition) is 1. The molecule has 178 valence electrons. The Bertz CT molecular complexity index is 1350. The highest BCUT2D eigenvalue weighted by Crippen LogP contribution is 2.37. The molecule has 0 radical (unpaired) electrons. The Balaban J connectivity index is 1.77. The van der Waals surface area contributed by atoms with E-state index in [0.717, 1.165) is 12.4 Å². The van der Waals surface area contributed by atoms with E-state index in [0.29, 0.717) is 22.9 Å². The van der Waals surface area contributed by atoms with Crippen molar-refractivity contribution in [3.63, 3.8) is 0 Å². The number of oxazole rings is 1. The lowest BCUT2D eigenvalue weighted by atomic mass is 10.2.